The van der Waals surface area contributed by atoms with Crippen LogP contribution in [0.5, 0.6) is 0 Å². The summed E-state index contributed by atoms with van der Waals surface area (Å²) in [5, 5.41) is 6.62. The molecule has 7 heteroatoms. The summed E-state index contributed by atoms with van der Waals surface area (Å²) in [6.45, 7) is 8.58. The summed E-state index contributed by atoms with van der Waals surface area (Å²) >= 11 is 0. The topological polar surface area (TPSA) is 87.7 Å². The Morgan fingerprint density at radius 1 is 1.04 bits per heavy atom. The van der Waals surface area contributed by atoms with Crippen molar-refractivity contribution in [2.45, 2.75) is 25.7 Å². The molecule has 6 nitrogen and oxygen atoms in total. The van der Waals surface area contributed by atoms with Gasteiger partial charge in [0.05, 0.1) is 11.5 Å². The van der Waals surface area contributed by atoms with Gasteiger partial charge in [0.15, 0.2) is 0 Å². The van der Waals surface area contributed by atoms with Crippen molar-refractivity contribution in [3.63, 3.8) is 0 Å². The van der Waals surface area contributed by atoms with Crippen LogP contribution in [0.4, 0.5) is 11.4 Å². The number of hydrogen-bond acceptors (Lipinski definition) is 5. The number of methoxy groups -OCH3 is 1. The average Bonchev–Trinajstić information content (AvgIpc) is 2.57. The van der Waals surface area contributed by atoms with E-state index in [1.807, 2.05) is 6.92 Å². The molecular weight excluding hydrogens is 352 g/mol. The van der Waals surface area contributed by atoms with E-state index in [-0.39, 0.29) is 4.90 Å². The molecule has 2 aromatic carbocycles. The fourth-order valence-electron chi connectivity index (χ4n) is 2.17. The number of ether oxygens (including phenoxy) is 1. The van der Waals surface area contributed by atoms with Crippen LogP contribution in [0, 0.1) is 13.8 Å². The van der Waals surface area contributed by atoms with Gasteiger partial charge in [0, 0.05) is 31.6 Å². The maximum Gasteiger partial charge on any atom is 0.294 e. The molecule has 0 aromatic heterocycles. The van der Waals surface area contributed by atoms with E-state index in [0.29, 0.717) is 0 Å². The molecule has 0 fully saturated rings. The Kier molecular flexibility index (Phi) is 9.12. The first-order valence-electron chi connectivity index (χ1n) is 8.39. The number of benzene rings is 2. The maximum atomic E-state index is 10.5. The molecule has 0 heterocycles. The third-order valence-corrected chi connectivity index (χ3v) is 4.42. The van der Waals surface area contributed by atoms with Crippen molar-refractivity contribution in [1.82, 2.24) is 0 Å². The molecule has 0 amide bonds. The lowest BCUT2D eigenvalue weighted by atomic mass is 10.1. The second kappa shape index (κ2) is 10.8. The van der Waals surface area contributed by atoms with E-state index < -0.39 is 10.1 Å². The first-order chi connectivity index (χ1) is 12.3. The number of anilines is 2. The molecule has 0 unspecified atom stereocenters. The highest BCUT2D eigenvalue weighted by Crippen LogP contribution is 2.19. The highest BCUT2D eigenvalue weighted by Gasteiger charge is 2.06. The molecule has 144 valence electrons. The van der Waals surface area contributed by atoms with Crippen LogP contribution in [0.1, 0.15) is 18.1 Å². The van der Waals surface area contributed by atoms with Gasteiger partial charge in [-0.25, -0.2) is 0 Å². The molecule has 0 saturated carbocycles. The fourth-order valence-corrected chi connectivity index (χ4v) is 2.65. The van der Waals surface area contributed by atoms with E-state index in [9.17, 15) is 8.42 Å². The molecule has 0 radical (unpaired) electrons. The summed E-state index contributed by atoms with van der Waals surface area (Å²) in [5.41, 5.74) is 4.56. The summed E-state index contributed by atoms with van der Waals surface area (Å²) in [7, 11) is -2.31. The van der Waals surface area contributed by atoms with E-state index >= 15 is 0 Å². The van der Waals surface area contributed by atoms with Crippen LogP contribution in [-0.4, -0.2) is 39.8 Å². The van der Waals surface area contributed by atoms with Gasteiger partial charge in [-0.3, -0.25) is 4.55 Å². The third-order valence-electron chi connectivity index (χ3n) is 3.55. The van der Waals surface area contributed by atoms with Gasteiger partial charge in [-0.05, 0) is 56.7 Å². The third kappa shape index (κ3) is 7.86. The van der Waals surface area contributed by atoms with Crippen LogP contribution in [0.25, 0.3) is 0 Å². The minimum absolute atomic E-state index is 0.0666. The SMILES string of the molecule is CCNc1ccc(NCCOC)c(C)c1.Cc1ccc(S(=O)(=O)O)cc1. The quantitative estimate of drug-likeness (QED) is 0.501. The summed E-state index contributed by atoms with van der Waals surface area (Å²) in [6, 6.07) is 12.3. The molecule has 0 aliphatic heterocycles. The summed E-state index contributed by atoms with van der Waals surface area (Å²) in [5.74, 6) is 0. The van der Waals surface area contributed by atoms with Crippen LogP contribution in [0.15, 0.2) is 47.4 Å². The molecule has 0 bridgehead atoms. The van der Waals surface area contributed by atoms with Crippen molar-refractivity contribution < 1.29 is 17.7 Å². The molecular formula is C19H28N2O4S. The zero-order chi connectivity index (χ0) is 19.6. The number of hydrogen-bond donors (Lipinski definition) is 3. The lowest BCUT2D eigenvalue weighted by molar-refractivity contribution is 0.211. The fraction of sp³-hybridized carbons (Fsp3) is 0.368. The normalized spacial score (nSPS) is 10.7. The molecule has 0 saturated heterocycles. The highest BCUT2D eigenvalue weighted by molar-refractivity contribution is 7.85. The maximum absolute atomic E-state index is 10.5. The van der Waals surface area contributed by atoms with Crippen LogP contribution >= 0.6 is 0 Å². The van der Waals surface area contributed by atoms with Crippen LogP contribution in [0.3, 0.4) is 0 Å². The Hall–Kier alpha value is -2.09. The molecule has 3 N–H and O–H groups in total. The summed E-state index contributed by atoms with van der Waals surface area (Å²) in [6.07, 6.45) is 0. The van der Waals surface area contributed by atoms with E-state index in [1.165, 1.54) is 29.1 Å². The van der Waals surface area contributed by atoms with E-state index in [4.69, 9.17) is 9.29 Å². The molecule has 26 heavy (non-hydrogen) atoms. The Labute approximate surface area is 156 Å². The largest absolute Gasteiger partial charge is 0.385 e. The smallest absolute Gasteiger partial charge is 0.294 e. The predicted octanol–water partition coefficient (Wildman–Crippen LogP) is 3.73. The van der Waals surface area contributed by atoms with Crippen LogP contribution in [0.2, 0.25) is 0 Å². The highest BCUT2D eigenvalue weighted by atomic mass is 32.2. The zero-order valence-electron chi connectivity index (χ0n) is 15.7. The number of rotatable bonds is 7. The molecule has 0 spiro atoms. The van der Waals surface area contributed by atoms with Crippen molar-refractivity contribution in [3.05, 3.63) is 53.6 Å². The van der Waals surface area contributed by atoms with Crippen LogP contribution < -0.4 is 10.6 Å². The first kappa shape index (κ1) is 22.0. The molecule has 2 aromatic rings. The van der Waals surface area contributed by atoms with Gasteiger partial charge in [0.1, 0.15) is 0 Å². The summed E-state index contributed by atoms with van der Waals surface area (Å²) < 4.78 is 34.5. The van der Waals surface area contributed by atoms with Crippen LogP contribution in [-0.2, 0) is 14.9 Å². The second-order valence-electron chi connectivity index (χ2n) is 5.77. The number of aryl methyl sites for hydroxylation is 2. The Balaban J connectivity index is 0.000000273. The Morgan fingerprint density at radius 3 is 2.19 bits per heavy atom. The van der Waals surface area contributed by atoms with Gasteiger partial charge in [0.2, 0.25) is 0 Å². The Morgan fingerprint density at radius 2 is 1.69 bits per heavy atom. The second-order valence-corrected chi connectivity index (χ2v) is 7.19. The van der Waals surface area contributed by atoms with Crippen molar-refractivity contribution in [3.8, 4) is 0 Å². The minimum atomic E-state index is -4.02. The standard InChI is InChI=1S/C12H20N2O.C7H8O3S/c1-4-13-11-5-6-12(10(2)9-11)14-7-8-15-3;1-6-2-4-7(5-3-6)11(8,9)10/h5-6,9,13-14H,4,7-8H2,1-3H3;2-5H,1H3,(H,8,9,10). The van der Waals surface area contributed by atoms with E-state index in [1.54, 1.807) is 19.2 Å². The average molecular weight is 381 g/mol. The van der Waals surface area contributed by atoms with E-state index in [2.05, 4.69) is 42.7 Å². The zero-order valence-corrected chi connectivity index (χ0v) is 16.6. The molecule has 2 rings (SSSR count). The Bertz CT molecular complexity index is 775. The van der Waals surface area contributed by atoms with Gasteiger partial charge in [0.25, 0.3) is 10.1 Å². The van der Waals surface area contributed by atoms with Gasteiger partial charge in [-0.15, -0.1) is 0 Å². The van der Waals surface area contributed by atoms with Crippen molar-refractivity contribution in [2.75, 3.05) is 37.4 Å². The summed E-state index contributed by atoms with van der Waals surface area (Å²) in [4.78, 5) is -0.0666. The predicted molar refractivity (Wildman–Crippen MR) is 107 cm³/mol. The lowest BCUT2D eigenvalue weighted by Gasteiger charge is -2.11. The van der Waals surface area contributed by atoms with Crippen molar-refractivity contribution in [2.24, 2.45) is 0 Å². The molecule has 0 atom stereocenters. The number of nitrogens with one attached hydrogen (secondary N) is 2. The van der Waals surface area contributed by atoms with Gasteiger partial charge in [-0.2, -0.15) is 8.42 Å². The van der Waals surface area contributed by atoms with Crippen molar-refractivity contribution in [1.29, 1.82) is 0 Å². The molecule has 0 aliphatic carbocycles. The van der Waals surface area contributed by atoms with Gasteiger partial charge >= 0.3 is 0 Å². The lowest BCUT2D eigenvalue weighted by Crippen LogP contribution is -2.08. The van der Waals surface area contributed by atoms with Gasteiger partial charge in [-0.1, -0.05) is 17.7 Å². The first-order valence-corrected chi connectivity index (χ1v) is 9.83. The van der Waals surface area contributed by atoms with Crippen molar-refractivity contribution >= 4 is 21.5 Å². The molecule has 0 aliphatic rings. The monoisotopic (exact) mass is 380 g/mol. The van der Waals surface area contributed by atoms with Gasteiger partial charge < -0.3 is 15.4 Å². The van der Waals surface area contributed by atoms with E-state index in [0.717, 1.165) is 25.3 Å². The minimum Gasteiger partial charge on any atom is -0.385 e.